The quantitative estimate of drug-likeness (QED) is 0.796. The summed E-state index contributed by atoms with van der Waals surface area (Å²) < 4.78 is 2.19. The first-order chi connectivity index (χ1) is 10.7. The molecule has 1 amide bonds. The molecule has 0 fully saturated rings. The molecule has 0 bridgehead atoms. The minimum absolute atomic E-state index is 0.0137. The monoisotopic (exact) mass is 293 g/mol. The van der Waals surface area contributed by atoms with Crippen LogP contribution in [0.2, 0.25) is 0 Å². The molecule has 2 aromatic carbocycles. The van der Waals surface area contributed by atoms with Gasteiger partial charge in [-0.25, -0.2) is 4.98 Å². The third-order valence-corrected chi connectivity index (χ3v) is 3.73. The Labute approximate surface area is 129 Å². The predicted octanol–water partition coefficient (Wildman–Crippen LogP) is 3.74. The summed E-state index contributed by atoms with van der Waals surface area (Å²) in [6, 6.07) is 16.2. The van der Waals surface area contributed by atoms with Crippen LogP contribution in [-0.2, 0) is 11.3 Å². The van der Waals surface area contributed by atoms with E-state index < -0.39 is 0 Å². The normalized spacial score (nSPS) is 10.8. The number of rotatable bonds is 4. The van der Waals surface area contributed by atoms with Gasteiger partial charge in [-0.15, -0.1) is 0 Å². The molecule has 0 aliphatic carbocycles. The van der Waals surface area contributed by atoms with Crippen LogP contribution in [0.1, 0.15) is 24.7 Å². The number of aryl methyl sites for hydroxylation is 1. The molecule has 4 heteroatoms. The number of fused-ring (bicyclic) bond motifs is 1. The number of hydrogen-bond acceptors (Lipinski definition) is 2. The number of aromatic nitrogens is 2. The van der Waals surface area contributed by atoms with E-state index in [0.29, 0.717) is 6.42 Å². The zero-order valence-electron chi connectivity index (χ0n) is 12.8. The summed E-state index contributed by atoms with van der Waals surface area (Å²) in [5.41, 5.74) is 4.02. The van der Waals surface area contributed by atoms with Crippen LogP contribution >= 0.6 is 0 Å². The summed E-state index contributed by atoms with van der Waals surface area (Å²) in [5.74, 6) is 0.984. The number of nitrogens with zero attached hydrogens (tertiary/aromatic N) is 2. The smallest absolute Gasteiger partial charge is 0.224 e. The van der Waals surface area contributed by atoms with Crippen molar-refractivity contribution in [2.24, 2.45) is 0 Å². The topological polar surface area (TPSA) is 46.9 Å². The van der Waals surface area contributed by atoms with Crippen LogP contribution in [0, 0.1) is 6.92 Å². The Kier molecular flexibility index (Phi) is 3.92. The average Bonchev–Trinajstić information content (AvgIpc) is 2.83. The minimum atomic E-state index is 0.0137. The molecule has 0 saturated heterocycles. The van der Waals surface area contributed by atoms with Gasteiger partial charge < -0.3 is 9.88 Å². The van der Waals surface area contributed by atoms with Crippen molar-refractivity contribution in [1.82, 2.24) is 9.55 Å². The fourth-order valence-electron chi connectivity index (χ4n) is 2.54. The Hall–Kier alpha value is -2.62. The van der Waals surface area contributed by atoms with Crippen molar-refractivity contribution in [2.45, 2.75) is 26.8 Å². The SMILES string of the molecule is CCC(=O)Nc1ccc2c(c1)nc(C)n2Cc1ccccc1. The molecular formula is C18H19N3O. The van der Waals surface area contributed by atoms with E-state index in [1.54, 1.807) is 0 Å². The van der Waals surface area contributed by atoms with Crippen LogP contribution in [0.5, 0.6) is 0 Å². The molecule has 0 aliphatic rings. The Morgan fingerprint density at radius 1 is 1.18 bits per heavy atom. The van der Waals surface area contributed by atoms with Crippen molar-refractivity contribution in [3.05, 3.63) is 59.9 Å². The van der Waals surface area contributed by atoms with Gasteiger partial charge >= 0.3 is 0 Å². The third kappa shape index (κ3) is 2.86. The summed E-state index contributed by atoms with van der Waals surface area (Å²) >= 11 is 0. The maximum Gasteiger partial charge on any atom is 0.224 e. The number of carbonyl (C=O) groups excluding carboxylic acids is 1. The number of amides is 1. The van der Waals surface area contributed by atoms with Gasteiger partial charge in [0.25, 0.3) is 0 Å². The van der Waals surface area contributed by atoms with Gasteiger partial charge in [0.05, 0.1) is 11.0 Å². The first kappa shape index (κ1) is 14.3. The molecule has 1 heterocycles. The van der Waals surface area contributed by atoms with Gasteiger partial charge in [-0.2, -0.15) is 0 Å². The van der Waals surface area contributed by atoms with Gasteiger partial charge in [0, 0.05) is 18.7 Å². The zero-order chi connectivity index (χ0) is 15.5. The number of imidazole rings is 1. The van der Waals surface area contributed by atoms with Crippen molar-refractivity contribution in [3.63, 3.8) is 0 Å². The zero-order valence-corrected chi connectivity index (χ0v) is 12.8. The van der Waals surface area contributed by atoms with E-state index >= 15 is 0 Å². The Morgan fingerprint density at radius 3 is 2.68 bits per heavy atom. The molecule has 0 saturated carbocycles. The Balaban J connectivity index is 1.95. The minimum Gasteiger partial charge on any atom is -0.326 e. The standard InChI is InChI=1S/C18H19N3O/c1-3-18(22)20-15-9-10-17-16(11-15)19-13(2)21(17)12-14-7-5-4-6-8-14/h4-11H,3,12H2,1-2H3,(H,20,22). The van der Waals surface area contributed by atoms with Crippen molar-refractivity contribution in [2.75, 3.05) is 5.32 Å². The summed E-state index contributed by atoms with van der Waals surface area (Å²) in [6.07, 6.45) is 0.472. The predicted molar refractivity (Wildman–Crippen MR) is 88.9 cm³/mol. The van der Waals surface area contributed by atoms with E-state index in [9.17, 15) is 4.79 Å². The van der Waals surface area contributed by atoms with Crippen molar-refractivity contribution >= 4 is 22.6 Å². The van der Waals surface area contributed by atoms with Crippen LogP contribution < -0.4 is 5.32 Å². The number of hydrogen-bond donors (Lipinski definition) is 1. The second kappa shape index (κ2) is 6.02. The second-order valence-electron chi connectivity index (χ2n) is 5.34. The summed E-state index contributed by atoms with van der Waals surface area (Å²) in [6.45, 7) is 4.64. The molecule has 1 N–H and O–H groups in total. The van der Waals surface area contributed by atoms with Gasteiger partial charge in [0.2, 0.25) is 5.91 Å². The molecule has 0 aliphatic heterocycles. The van der Waals surface area contributed by atoms with E-state index in [1.165, 1.54) is 5.56 Å². The fraction of sp³-hybridized carbons (Fsp3) is 0.222. The molecule has 0 spiro atoms. The number of anilines is 1. The molecule has 0 radical (unpaired) electrons. The lowest BCUT2D eigenvalue weighted by molar-refractivity contribution is -0.115. The van der Waals surface area contributed by atoms with E-state index in [0.717, 1.165) is 29.1 Å². The lowest BCUT2D eigenvalue weighted by Crippen LogP contribution is -2.09. The summed E-state index contributed by atoms with van der Waals surface area (Å²) in [7, 11) is 0. The van der Waals surface area contributed by atoms with Crippen LogP contribution in [0.3, 0.4) is 0 Å². The third-order valence-electron chi connectivity index (χ3n) is 3.73. The lowest BCUT2D eigenvalue weighted by Gasteiger charge is -2.08. The van der Waals surface area contributed by atoms with Gasteiger partial charge in [0.15, 0.2) is 0 Å². The largest absolute Gasteiger partial charge is 0.326 e. The highest BCUT2D eigenvalue weighted by molar-refractivity contribution is 5.92. The van der Waals surface area contributed by atoms with Gasteiger partial charge in [-0.3, -0.25) is 4.79 Å². The lowest BCUT2D eigenvalue weighted by atomic mass is 10.2. The van der Waals surface area contributed by atoms with Crippen LogP contribution in [0.25, 0.3) is 11.0 Å². The Morgan fingerprint density at radius 2 is 1.95 bits per heavy atom. The highest BCUT2D eigenvalue weighted by Crippen LogP contribution is 2.21. The highest BCUT2D eigenvalue weighted by Gasteiger charge is 2.09. The Bertz CT molecular complexity index is 806. The number of benzene rings is 2. The first-order valence-electron chi connectivity index (χ1n) is 7.48. The van der Waals surface area contributed by atoms with Crippen molar-refractivity contribution in [3.8, 4) is 0 Å². The van der Waals surface area contributed by atoms with E-state index in [4.69, 9.17) is 0 Å². The molecule has 1 aromatic heterocycles. The molecular weight excluding hydrogens is 274 g/mol. The number of nitrogens with one attached hydrogen (secondary N) is 1. The summed E-state index contributed by atoms with van der Waals surface area (Å²) in [5, 5.41) is 2.87. The maximum absolute atomic E-state index is 11.5. The molecule has 3 rings (SSSR count). The fourth-order valence-corrected chi connectivity index (χ4v) is 2.54. The highest BCUT2D eigenvalue weighted by atomic mass is 16.1. The molecule has 3 aromatic rings. The van der Waals surface area contributed by atoms with Crippen LogP contribution in [0.15, 0.2) is 48.5 Å². The molecule has 0 atom stereocenters. The first-order valence-corrected chi connectivity index (χ1v) is 7.48. The second-order valence-corrected chi connectivity index (χ2v) is 5.34. The van der Waals surface area contributed by atoms with E-state index in [2.05, 4.69) is 27.0 Å². The van der Waals surface area contributed by atoms with Crippen molar-refractivity contribution in [1.29, 1.82) is 0 Å². The van der Waals surface area contributed by atoms with E-state index in [1.807, 2.05) is 50.2 Å². The molecule has 22 heavy (non-hydrogen) atoms. The maximum atomic E-state index is 11.5. The average molecular weight is 293 g/mol. The molecule has 0 unspecified atom stereocenters. The van der Waals surface area contributed by atoms with Crippen LogP contribution in [0.4, 0.5) is 5.69 Å². The van der Waals surface area contributed by atoms with Crippen molar-refractivity contribution < 1.29 is 4.79 Å². The van der Waals surface area contributed by atoms with Gasteiger partial charge in [-0.05, 0) is 30.7 Å². The summed E-state index contributed by atoms with van der Waals surface area (Å²) in [4.78, 5) is 16.1. The van der Waals surface area contributed by atoms with E-state index in [-0.39, 0.29) is 5.91 Å². The van der Waals surface area contributed by atoms with Gasteiger partial charge in [0.1, 0.15) is 5.82 Å². The van der Waals surface area contributed by atoms with Crippen LogP contribution in [-0.4, -0.2) is 15.5 Å². The van der Waals surface area contributed by atoms with Gasteiger partial charge in [-0.1, -0.05) is 37.3 Å². The molecule has 4 nitrogen and oxygen atoms in total. The molecule has 112 valence electrons. The number of carbonyl (C=O) groups is 1.